The Morgan fingerprint density at radius 2 is 1.41 bits per heavy atom. The molecule has 7 N–H and O–H groups in total. The zero-order valence-corrected chi connectivity index (χ0v) is 35.6. The van der Waals surface area contributed by atoms with Crippen LogP contribution in [0.3, 0.4) is 0 Å². The van der Waals surface area contributed by atoms with Crippen LogP contribution >= 0.6 is 0 Å². The minimum absolute atomic E-state index is 0.0630. The van der Waals surface area contributed by atoms with E-state index in [9.17, 15) is 50.1 Å². The number of allylic oxidation sites excluding steroid dienone is 2. The first-order valence-electron chi connectivity index (χ1n) is 21.7. The Morgan fingerprint density at radius 1 is 0.780 bits per heavy atom. The molecule has 2 saturated heterocycles. The third-order valence-corrected chi connectivity index (χ3v) is 17.4. The Labute approximate surface area is 346 Å². The van der Waals surface area contributed by atoms with Crippen molar-refractivity contribution in [2.75, 3.05) is 13.2 Å². The van der Waals surface area contributed by atoms with Crippen LogP contribution in [0.1, 0.15) is 113 Å². The van der Waals surface area contributed by atoms with Crippen LogP contribution in [0.2, 0.25) is 0 Å². The van der Waals surface area contributed by atoms with Crippen molar-refractivity contribution in [2.45, 2.75) is 180 Å². The summed E-state index contributed by atoms with van der Waals surface area (Å²) in [5, 5.41) is 73.6. The Bertz CT molecular complexity index is 1650. The largest absolute Gasteiger partial charge is 0.463 e. The van der Waals surface area contributed by atoms with Crippen molar-refractivity contribution in [3.63, 3.8) is 0 Å². The van der Waals surface area contributed by atoms with E-state index in [2.05, 4.69) is 40.7 Å². The summed E-state index contributed by atoms with van der Waals surface area (Å²) in [6.45, 7) is 13.7. The zero-order chi connectivity index (χ0) is 43.2. The molecule has 5 aliphatic carbocycles. The number of hydrogen-bond donors (Lipinski definition) is 7. The SMILES string of the molecule is CC(=O)OCC1OC(OC2CCC3(C)C(CCC4(C)C3CC=C3C5CC(C)(C)CCC5(C(=O)OC5OC(CO)C(O)C(O)C5O)CCC34C)C2(C)C=O)C(O)C(O)C1O. The van der Waals surface area contributed by atoms with E-state index in [0.29, 0.717) is 25.7 Å². The minimum atomic E-state index is -1.69. The lowest BCUT2D eigenvalue weighted by Gasteiger charge is -2.71. The first-order chi connectivity index (χ1) is 27.5. The number of fused-ring (bicyclic) bond motifs is 7. The van der Waals surface area contributed by atoms with Gasteiger partial charge in [-0.1, -0.05) is 53.2 Å². The molecule has 7 aliphatic rings. The predicted molar refractivity (Wildman–Crippen MR) is 207 cm³/mol. The molecule has 0 aromatic carbocycles. The molecule has 4 saturated carbocycles. The molecule has 0 amide bonds. The summed E-state index contributed by atoms with van der Waals surface area (Å²) in [6, 6.07) is 0. The zero-order valence-electron chi connectivity index (χ0n) is 35.6. The number of hydrogen-bond acceptors (Lipinski definition) is 15. The highest BCUT2D eigenvalue weighted by molar-refractivity contribution is 5.79. The second-order valence-electron chi connectivity index (χ2n) is 20.9. The molecule has 7 rings (SSSR count). The standard InChI is InChI=1S/C44H68O15/c1-22(47)55-20-26-31(49)33(51)34(52)36(57-26)58-29-11-12-40(4)27(41(29,5)21-46)10-13-43(7)28(40)9-8-23-24-18-39(2,3)14-16-44(24,17-15-42(23,43)6)38(54)59-37-35(53)32(50)30(48)25(19-45)56-37/h8,21,24-37,45,48-53H,9-20H2,1-7H3. The van der Waals surface area contributed by atoms with Crippen LogP contribution < -0.4 is 0 Å². The lowest BCUT2D eigenvalue weighted by atomic mass is 9.33. The summed E-state index contributed by atoms with van der Waals surface area (Å²) >= 11 is 0. The summed E-state index contributed by atoms with van der Waals surface area (Å²) < 4.78 is 29.0. The van der Waals surface area contributed by atoms with Crippen molar-refractivity contribution in [2.24, 2.45) is 50.2 Å². The number of esters is 2. The highest BCUT2D eigenvalue weighted by Crippen LogP contribution is 2.76. The molecule has 0 spiro atoms. The quantitative estimate of drug-likeness (QED) is 0.0802. The number of carbonyl (C=O) groups excluding carboxylic acids is 3. The summed E-state index contributed by atoms with van der Waals surface area (Å²) in [5.41, 5.74) is -1.50. The van der Waals surface area contributed by atoms with E-state index >= 15 is 0 Å². The third kappa shape index (κ3) is 6.96. The first-order valence-corrected chi connectivity index (χ1v) is 21.7. The Balaban J connectivity index is 1.15. The van der Waals surface area contributed by atoms with Gasteiger partial charge in [0.25, 0.3) is 0 Å². The Morgan fingerprint density at radius 3 is 2.05 bits per heavy atom. The van der Waals surface area contributed by atoms with Gasteiger partial charge >= 0.3 is 11.9 Å². The summed E-state index contributed by atoms with van der Waals surface area (Å²) in [7, 11) is 0. The van der Waals surface area contributed by atoms with Gasteiger partial charge in [-0.05, 0) is 104 Å². The summed E-state index contributed by atoms with van der Waals surface area (Å²) in [6.07, 6.45) is -5.37. The third-order valence-electron chi connectivity index (χ3n) is 17.4. The predicted octanol–water partition coefficient (Wildman–Crippen LogP) is 2.07. The smallest absolute Gasteiger partial charge is 0.315 e. The van der Waals surface area contributed by atoms with Gasteiger partial charge < -0.3 is 64.2 Å². The lowest BCUT2D eigenvalue weighted by molar-refractivity contribution is -0.327. The number of aliphatic hydroxyl groups excluding tert-OH is 7. The van der Waals surface area contributed by atoms with Gasteiger partial charge in [-0.15, -0.1) is 0 Å². The van der Waals surface area contributed by atoms with Crippen LogP contribution in [-0.4, -0.2) is 135 Å². The molecule has 0 aromatic rings. The van der Waals surface area contributed by atoms with E-state index in [4.69, 9.17) is 23.7 Å². The van der Waals surface area contributed by atoms with Crippen molar-refractivity contribution in [1.82, 2.24) is 0 Å². The van der Waals surface area contributed by atoms with Crippen molar-refractivity contribution in [1.29, 1.82) is 0 Å². The highest BCUT2D eigenvalue weighted by atomic mass is 16.7. The van der Waals surface area contributed by atoms with Gasteiger partial charge in [0.15, 0.2) is 6.29 Å². The van der Waals surface area contributed by atoms with Gasteiger partial charge in [0.2, 0.25) is 6.29 Å². The number of aliphatic hydroxyl groups is 7. The van der Waals surface area contributed by atoms with Crippen LogP contribution in [-0.2, 0) is 38.1 Å². The highest BCUT2D eigenvalue weighted by Gasteiger charge is 2.70. The monoisotopic (exact) mass is 836 g/mol. The molecule has 6 fully saturated rings. The van der Waals surface area contributed by atoms with E-state index in [-0.39, 0.29) is 46.0 Å². The lowest BCUT2D eigenvalue weighted by Crippen LogP contribution is -2.67. The van der Waals surface area contributed by atoms with E-state index in [1.54, 1.807) is 0 Å². The average molecular weight is 837 g/mol. The van der Waals surface area contributed by atoms with E-state index in [0.717, 1.165) is 44.8 Å². The van der Waals surface area contributed by atoms with Gasteiger partial charge in [-0.3, -0.25) is 9.59 Å². The van der Waals surface area contributed by atoms with Crippen molar-refractivity contribution < 1.29 is 73.8 Å². The molecule has 2 heterocycles. The minimum Gasteiger partial charge on any atom is -0.463 e. The van der Waals surface area contributed by atoms with Gasteiger partial charge in [0.1, 0.15) is 61.7 Å². The van der Waals surface area contributed by atoms with E-state index in [1.165, 1.54) is 12.5 Å². The van der Waals surface area contributed by atoms with Gasteiger partial charge in [-0.25, -0.2) is 0 Å². The second-order valence-corrected chi connectivity index (χ2v) is 20.9. The molecule has 2 aliphatic heterocycles. The maximum absolute atomic E-state index is 14.6. The fraction of sp³-hybridized carbons (Fsp3) is 0.886. The van der Waals surface area contributed by atoms with Crippen LogP contribution in [0.25, 0.3) is 0 Å². The van der Waals surface area contributed by atoms with Crippen LogP contribution in [0.15, 0.2) is 11.6 Å². The molecular formula is C44H68O15. The van der Waals surface area contributed by atoms with Crippen LogP contribution in [0, 0.1) is 50.2 Å². The fourth-order valence-corrected chi connectivity index (χ4v) is 13.6. The molecular weight excluding hydrogens is 768 g/mol. The molecule has 15 heteroatoms. The molecule has 15 nitrogen and oxygen atoms in total. The number of carbonyl (C=O) groups is 3. The maximum atomic E-state index is 14.6. The molecule has 334 valence electrons. The molecule has 19 atom stereocenters. The first kappa shape index (κ1) is 45.0. The van der Waals surface area contributed by atoms with Crippen molar-refractivity contribution >= 4 is 18.2 Å². The van der Waals surface area contributed by atoms with Crippen LogP contribution in [0.5, 0.6) is 0 Å². The van der Waals surface area contributed by atoms with Crippen molar-refractivity contribution in [3.8, 4) is 0 Å². The summed E-state index contributed by atoms with van der Waals surface area (Å²) in [5.74, 6) is -1.17. The van der Waals surface area contributed by atoms with Crippen LogP contribution in [0.4, 0.5) is 0 Å². The number of ether oxygens (including phenoxy) is 5. The molecule has 59 heavy (non-hydrogen) atoms. The Hall–Kier alpha value is -2.05. The molecule has 0 radical (unpaired) electrons. The second kappa shape index (κ2) is 15.6. The van der Waals surface area contributed by atoms with Gasteiger partial charge in [0, 0.05) is 6.92 Å². The average Bonchev–Trinajstić information content (AvgIpc) is 3.18. The topological polar surface area (TPSA) is 239 Å². The molecule has 0 bridgehead atoms. The van der Waals surface area contributed by atoms with E-state index < -0.39 is 96.9 Å². The fourth-order valence-electron chi connectivity index (χ4n) is 13.6. The number of aldehydes is 1. The van der Waals surface area contributed by atoms with Crippen molar-refractivity contribution in [3.05, 3.63) is 11.6 Å². The van der Waals surface area contributed by atoms with Gasteiger partial charge in [-0.2, -0.15) is 0 Å². The molecule has 19 unspecified atom stereocenters. The Kier molecular flexibility index (Phi) is 11.9. The van der Waals surface area contributed by atoms with E-state index in [1.807, 2.05) is 6.92 Å². The number of rotatable bonds is 8. The normalized spacial score (nSPS) is 51.7. The maximum Gasteiger partial charge on any atom is 0.315 e. The molecule has 0 aromatic heterocycles. The van der Waals surface area contributed by atoms with Gasteiger partial charge in [0.05, 0.1) is 23.5 Å². The summed E-state index contributed by atoms with van der Waals surface area (Å²) in [4.78, 5) is 39.5.